The fourth-order valence-electron chi connectivity index (χ4n) is 1.12. The molecule has 0 spiro atoms. The van der Waals surface area contributed by atoms with Crippen LogP contribution >= 0.6 is 11.8 Å². The van der Waals surface area contributed by atoms with Crippen molar-refractivity contribution in [2.45, 2.75) is 5.16 Å². The fraction of sp³-hybridized carbons (Fsp3) is 0.600. The number of anilines is 2. The van der Waals surface area contributed by atoms with Gasteiger partial charge in [-0.1, -0.05) is 11.8 Å². The molecule has 0 saturated carbocycles. The molecular weight excluding hydrogens is 240 g/mol. The predicted molar refractivity (Wildman–Crippen MR) is 69.4 cm³/mol. The fourth-order valence-corrected chi connectivity index (χ4v) is 1.51. The number of aromatic nitrogens is 2. The molecule has 1 heterocycles. The predicted octanol–water partition coefficient (Wildman–Crippen LogP) is 0.856. The van der Waals surface area contributed by atoms with Gasteiger partial charge in [0.2, 0.25) is 0 Å². The monoisotopic (exact) mass is 258 g/mol. The van der Waals surface area contributed by atoms with Crippen molar-refractivity contribution in [3.8, 4) is 0 Å². The average Bonchev–Trinajstić information content (AvgIpc) is 2.33. The second kappa shape index (κ2) is 8.10. The maximum absolute atomic E-state index is 5.65. The SMILES string of the molecule is COCCOCCNc1cc(N)nc(SC)n1. The Hall–Kier alpha value is -1.05. The van der Waals surface area contributed by atoms with Gasteiger partial charge in [-0.3, -0.25) is 0 Å². The minimum absolute atomic E-state index is 0.465. The molecule has 96 valence electrons. The number of ether oxygens (including phenoxy) is 2. The first kappa shape index (κ1) is 14.0. The first-order valence-electron chi connectivity index (χ1n) is 5.25. The number of rotatable bonds is 8. The maximum Gasteiger partial charge on any atom is 0.191 e. The van der Waals surface area contributed by atoms with E-state index in [1.165, 1.54) is 11.8 Å². The zero-order valence-corrected chi connectivity index (χ0v) is 10.9. The molecule has 0 aliphatic heterocycles. The number of thioether (sulfide) groups is 1. The van der Waals surface area contributed by atoms with Crippen LogP contribution in [0.5, 0.6) is 0 Å². The van der Waals surface area contributed by atoms with Crippen LogP contribution < -0.4 is 11.1 Å². The summed E-state index contributed by atoms with van der Waals surface area (Å²) in [6, 6.07) is 1.70. The van der Waals surface area contributed by atoms with Gasteiger partial charge in [0.1, 0.15) is 11.6 Å². The van der Waals surface area contributed by atoms with E-state index in [9.17, 15) is 0 Å². The molecule has 0 aliphatic rings. The number of hydrogen-bond donors (Lipinski definition) is 2. The van der Waals surface area contributed by atoms with Gasteiger partial charge < -0.3 is 20.5 Å². The highest BCUT2D eigenvalue weighted by molar-refractivity contribution is 7.98. The molecule has 1 aromatic heterocycles. The number of methoxy groups -OCH3 is 1. The molecule has 0 radical (unpaired) electrons. The first-order chi connectivity index (χ1) is 8.26. The normalized spacial score (nSPS) is 10.5. The van der Waals surface area contributed by atoms with Crippen molar-refractivity contribution in [2.24, 2.45) is 0 Å². The summed E-state index contributed by atoms with van der Waals surface area (Å²) < 4.78 is 10.2. The summed E-state index contributed by atoms with van der Waals surface area (Å²) in [5.41, 5.74) is 5.65. The van der Waals surface area contributed by atoms with E-state index in [0.29, 0.717) is 37.3 Å². The molecule has 3 N–H and O–H groups in total. The highest BCUT2D eigenvalue weighted by Gasteiger charge is 2.00. The van der Waals surface area contributed by atoms with Gasteiger partial charge in [-0.25, -0.2) is 9.97 Å². The van der Waals surface area contributed by atoms with Gasteiger partial charge >= 0.3 is 0 Å². The first-order valence-corrected chi connectivity index (χ1v) is 6.48. The molecule has 0 aromatic carbocycles. The zero-order chi connectivity index (χ0) is 12.5. The third kappa shape index (κ3) is 5.71. The molecule has 17 heavy (non-hydrogen) atoms. The van der Waals surface area contributed by atoms with Crippen molar-refractivity contribution >= 4 is 23.4 Å². The van der Waals surface area contributed by atoms with Crippen LogP contribution in [0.15, 0.2) is 11.2 Å². The van der Waals surface area contributed by atoms with Crippen LogP contribution in [0.1, 0.15) is 0 Å². The second-order valence-corrected chi connectivity index (χ2v) is 3.97. The zero-order valence-electron chi connectivity index (χ0n) is 10.1. The van der Waals surface area contributed by atoms with E-state index >= 15 is 0 Å². The van der Waals surface area contributed by atoms with Crippen LogP contribution in [-0.4, -0.2) is 49.7 Å². The van der Waals surface area contributed by atoms with Crippen molar-refractivity contribution in [3.63, 3.8) is 0 Å². The van der Waals surface area contributed by atoms with Gasteiger partial charge in [0.15, 0.2) is 5.16 Å². The third-order valence-corrected chi connectivity index (χ3v) is 2.44. The lowest BCUT2D eigenvalue weighted by molar-refractivity contribution is 0.0759. The molecular formula is C10H18N4O2S. The van der Waals surface area contributed by atoms with Gasteiger partial charge in [0.05, 0.1) is 19.8 Å². The number of nitrogen functional groups attached to an aromatic ring is 1. The lowest BCUT2D eigenvalue weighted by atomic mass is 10.5. The van der Waals surface area contributed by atoms with E-state index in [-0.39, 0.29) is 0 Å². The Morgan fingerprint density at radius 2 is 2.18 bits per heavy atom. The third-order valence-electron chi connectivity index (χ3n) is 1.89. The Labute approximate surface area is 105 Å². The highest BCUT2D eigenvalue weighted by Crippen LogP contribution is 2.14. The summed E-state index contributed by atoms with van der Waals surface area (Å²) in [6.45, 7) is 2.48. The molecule has 0 atom stereocenters. The van der Waals surface area contributed by atoms with Gasteiger partial charge in [0.25, 0.3) is 0 Å². The smallest absolute Gasteiger partial charge is 0.191 e. The molecule has 0 bridgehead atoms. The van der Waals surface area contributed by atoms with Gasteiger partial charge in [0, 0.05) is 19.7 Å². The van der Waals surface area contributed by atoms with Gasteiger partial charge in [-0.05, 0) is 6.26 Å². The van der Waals surface area contributed by atoms with Crippen molar-refractivity contribution in [3.05, 3.63) is 6.07 Å². The highest BCUT2D eigenvalue weighted by atomic mass is 32.2. The van der Waals surface area contributed by atoms with Crippen LogP contribution in [0.25, 0.3) is 0 Å². The van der Waals surface area contributed by atoms with E-state index in [1.54, 1.807) is 13.2 Å². The van der Waals surface area contributed by atoms with Crippen LogP contribution in [-0.2, 0) is 9.47 Å². The Morgan fingerprint density at radius 3 is 2.88 bits per heavy atom. The molecule has 0 saturated heterocycles. The largest absolute Gasteiger partial charge is 0.383 e. The van der Waals surface area contributed by atoms with E-state index in [4.69, 9.17) is 15.2 Å². The maximum atomic E-state index is 5.65. The van der Waals surface area contributed by atoms with E-state index in [0.717, 1.165) is 5.82 Å². The average molecular weight is 258 g/mol. The molecule has 1 aromatic rings. The summed E-state index contributed by atoms with van der Waals surface area (Å²) in [5, 5.41) is 3.79. The van der Waals surface area contributed by atoms with E-state index < -0.39 is 0 Å². The summed E-state index contributed by atoms with van der Waals surface area (Å²) in [5.74, 6) is 1.18. The van der Waals surface area contributed by atoms with Gasteiger partial charge in [-0.15, -0.1) is 0 Å². The molecule has 0 unspecified atom stereocenters. The van der Waals surface area contributed by atoms with Crippen molar-refractivity contribution in [1.82, 2.24) is 9.97 Å². The van der Waals surface area contributed by atoms with Crippen LogP contribution in [0.2, 0.25) is 0 Å². The Balaban J connectivity index is 2.28. The summed E-state index contributed by atoms with van der Waals surface area (Å²) in [6.07, 6.45) is 1.91. The quantitative estimate of drug-likeness (QED) is 0.406. The minimum Gasteiger partial charge on any atom is -0.383 e. The lowest BCUT2D eigenvalue weighted by Gasteiger charge is -2.07. The van der Waals surface area contributed by atoms with Crippen molar-refractivity contribution in [1.29, 1.82) is 0 Å². The molecule has 0 aliphatic carbocycles. The lowest BCUT2D eigenvalue weighted by Crippen LogP contribution is -2.13. The summed E-state index contributed by atoms with van der Waals surface area (Å²) in [7, 11) is 1.65. The number of nitrogens with zero attached hydrogens (tertiary/aromatic N) is 2. The van der Waals surface area contributed by atoms with Crippen molar-refractivity contribution < 1.29 is 9.47 Å². The summed E-state index contributed by atoms with van der Waals surface area (Å²) in [4.78, 5) is 8.33. The van der Waals surface area contributed by atoms with Crippen LogP contribution in [0.4, 0.5) is 11.6 Å². The molecule has 0 fully saturated rings. The Bertz CT molecular complexity index is 338. The van der Waals surface area contributed by atoms with E-state index in [1.807, 2.05) is 6.26 Å². The van der Waals surface area contributed by atoms with Gasteiger partial charge in [-0.2, -0.15) is 0 Å². The number of hydrogen-bond acceptors (Lipinski definition) is 7. The van der Waals surface area contributed by atoms with Crippen LogP contribution in [0.3, 0.4) is 0 Å². The number of nitrogens with one attached hydrogen (secondary N) is 1. The summed E-state index contributed by atoms with van der Waals surface area (Å²) >= 11 is 1.46. The molecule has 1 rings (SSSR count). The standard InChI is InChI=1S/C10H18N4O2S/c1-15-5-6-16-4-3-12-9-7-8(11)13-10(14-9)17-2/h7H,3-6H2,1-2H3,(H3,11,12,13,14). The van der Waals surface area contributed by atoms with Crippen LogP contribution in [0, 0.1) is 0 Å². The second-order valence-electron chi connectivity index (χ2n) is 3.20. The van der Waals surface area contributed by atoms with E-state index in [2.05, 4.69) is 15.3 Å². The Morgan fingerprint density at radius 1 is 1.35 bits per heavy atom. The Kier molecular flexibility index (Phi) is 6.68. The minimum atomic E-state index is 0.465. The molecule has 6 nitrogen and oxygen atoms in total. The number of nitrogens with two attached hydrogens (primary N) is 1. The van der Waals surface area contributed by atoms with Crippen molar-refractivity contribution in [2.75, 3.05) is 50.8 Å². The molecule has 7 heteroatoms. The molecule has 0 amide bonds. The topological polar surface area (TPSA) is 82.3 Å².